The van der Waals surface area contributed by atoms with Crippen LogP contribution >= 0.6 is 11.3 Å². The second kappa shape index (κ2) is 8.99. The average Bonchev–Trinajstić information content (AvgIpc) is 3.18. The summed E-state index contributed by atoms with van der Waals surface area (Å²) in [6.45, 7) is 4.13. The molecule has 6 heteroatoms. The number of piperidine rings is 1. The highest BCUT2D eigenvalue weighted by molar-refractivity contribution is 7.14. The topological polar surface area (TPSA) is 61.4 Å². The lowest BCUT2D eigenvalue weighted by atomic mass is 9.97. The van der Waals surface area contributed by atoms with Gasteiger partial charge in [0.2, 0.25) is 0 Å². The van der Waals surface area contributed by atoms with Crippen molar-refractivity contribution in [1.82, 2.24) is 10.2 Å². The van der Waals surface area contributed by atoms with Gasteiger partial charge < -0.3 is 15.5 Å². The van der Waals surface area contributed by atoms with Crippen molar-refractivity contribution >= 4 is 29.0 Å². The molecule has 1 aliphatic heterocycles. The summed E-state index contributed by atoms with van der Waals surface area (Å²) in [7, 11) is 0. The number of carbonyl (C=O) groups is 2. The maximum atomic E-state index is 13.0. The van der Waals surface area contributed by atoms with E-state index in [1.165, 1.54) is 23.3 Å². The molecule has 3 amide bonds. The summed E-state index contributed by atoms with van der Waals surface area (Å²) in [6.07, 6.45) is 6.73. The molecular weight excluding hydrogens is 382 g/mol. The van der Waals surface area contributed by atoms with Crippen molar-refractivity contribution in [2.24, 2.45) is 5.92 Å². The highest BCUT2D eigenvalue weighted by Crippen LogP contribution is 2.31. The number of amides is 3. The highest BCUT2D eigenvalue weighted by atomic mass is 32.1. The molecule has 0 spiro atoms. The van der Waals surface area contributed by atoms with Gasteiger partial charge in [-0.05, 0) is 75.1 Å². The van der Waals surface area contributed by atoms with Crippen LogP contribution in [0.3, 0.4) is 0 Å². The van der Waals surface area contributed by atoms with Crippen LogP contribution in [0, 0.1) is 12.8 Å². The largest absolute Gasteiger partial charge is 0.338 e. The number of rotatable bonds is 4. The zero-order chi connectivity index (χ0) is 20.2. The smallest absolute Gasteiger partial charge is 0.319 e. The van der Waals surface area contributed by atoms with Crippen LogP contribution in [0.25, 0.3) is 0 Å². The summed E-state index contributed by atoms with van der Waals surface area (Å²) >= 11 is 1.69. The molecule has 0 saturated carbocycles. The molecule has 1 aliphatic carbocycles. The molecule has 2 N–H and O–H groups in total. The van der Waals surface area contributed by atoms with Crippen molar-refractivity contribution in [3.63, 3.8) is 0 Å². The first-order valence-corrected chi connectivity index (χ1v) is 11.4. The number of likely N-dealkylation sites (tertiary alicyclic amines) is 1. The van der Waals surface area contributed by atoms with E-state index in [9.17, 15) is 9.59 Å². The number of aryl methyl sites for hydroxylation is 3. The Morgan fingerprint density at radius 1 is 1.14 bits per heavy atom. The quantitative estimate of drug-likeness (QED) is 0.772. The van der Waals surface area contributed by atoms with E-state index in [4.69, 9.17) is 0 Å². The van der Waals surface area contributed by atoms with Gasteiger partial charge in [0.05, 0.1) is 4.88 Å². The summed E-state index contributed by atoms with van der Waals surface area (Å²) in [4.78, 5) is 29.5. The Bertz CT molecular complexity index is 851. The van der Waals surface area contributed by atoms with Gasteiger partial charge in [-0.25, -0.2) is 4.79 Å². The summed E-state index contributed by atoms with van der Waals surface area (Å²) in [5.74, 6) is 0.462. The lowest BCUT2D eigenvalue weighted by Crippen LogP contribution is -2.44. The van der Waals surface area contributed by atoms with Crippen molar-refractivity contribution < 1.29 is 9.59 Å². The fourth-order valence-electron chi connectivity index (χ4n) is 4.22. The average molecular weight is 412 g/mol. The molecule has 1 atom stereocenters. The molecule has 154 valence electrons. The third-order valence-electron chi connectivity index (χ3n) is 5.87. The molecule has 1 saturated heterocycles. The monoisotopic (exact) mass is 411 g/mol. The van der Waals surface area contributed by atoms with E-state index in [-0.39, 0.29) is 11.9 Å². The molecule has 4 rings (SSSR count). The zero-order valence-electron chi connectivity index (χ0n) is 17.0. The Balaban J connectivity index is 1.28. The van der Waals surface area contributed by atoms with E-state index in [0.717, 1.165) is 48.4 Å². The number of anilines is 1. The predicted molar refractivity (Wildman–Crippen MR) is 118 cm³/mol. The number of benzene rings is 1. The van der Waals surface area contributed by atoms with Gasteiger partial charge in [-0.15, -0.1) is 11.3 Å². The molecule has 0 radical (unpaired) electrons. The van der Waals surface area contributed by atoms with E-state index in [2.05, 4.69) is 16.7 Å². The predicted octanol–water partition coefficient (Wildman–Crippen LogP) is 4.61. The first-order chi connectivity index (χ1) is 14.1. The van der Waals surface area contributed by atoms with Crippen molar-refractivity contribution in [1.29, 1.82) is 0 Å². The van der Waals surface area contributed by atoms with Crippen LogP contribution in [-0.4, -0.2) is 36.5 Å². The minimum Gasteiger partial charge on any atom is -0.338 e. The normalized spacial score (nSPS) is 18.8. The van der Waals surface area contributed by atoms with Gasteiger partial charge in [-0.3, -0.25) is 4.79 Å². The molecule has 2 aromatic rings. The number of thiophene rings is 1. The van der Waals surface area contributed by atoms with Gasteiger partial charge in [-0.2, -0.15) is 0 Å². The first kappa shape index (κ1) is 20.0. The Kier molecular flexibility index (Phi) is 6.19. The molecule has 2 heterocycles. The number of fused-ring (bicyclic) bond motifs is 1. The summed E-state index contributed by atoms with van der Waals surface area (Å²) in [6, 6.07) is 9.68. The van der Waals surface area contributed by atoms with Crippen LogP contribution in [0.4, 0.5) is 10.5 Å². The number of hydrogen-bond donors (Lipinski definition) is 2. The Morgan fingerprint density at radius 3 is 2.72 bits per heavy atom. The van der Waals surface area contributed by atoms with Crippen molar-refractivity contribution in [3.8, 4) is 0 Å². The van der Waals surface area contributed by atoms with Gasteiger partial charge in [0.15, 0.2) is 0 Å². The van der Waals surface area contributed by atoms with Gasteiger partial charge in [0, 0.05) is 30.2 Å². The second-order valence-electron chi connectivity index (χ2n) is 8.23. The second-order valence-corrected chi connectivity index (χ2v) is 9.36. The SMILES string of the molecule is Cc1ccc(NC(=O)NCC2CCCN(C(=O)c3cc4c(s3)CCCC4)C2)cc1. The summed E-state index contributed by atoms with van der Waals surface area (Å²) in [5, 5.41) is 5.84. The standard InChI is InChI=1S/C23H29N3O2S/c1-16-8-10-19(11-9-16)25-23(28)24-14-17-5-4-12-26(15-17)22(27)21-13-18-6-2-3-7-20(18)29-21/h8-11,13,17H,2-7,12,14-15H2,1H3,(H2,24,25,28). The summed E-state index contributed by atoms with van der Waals surface area (Å²) in [5.41, 5.74) is 3.33. The third-order valence-corrected chi connectivity index (χ3v) is 7.10. The van der Waals surface area contributed by atoms with Gasteiger partial charge in [-0.1, -0.05) is 17.7 Å². The minimum absolute atomic E-state index is 0.165. The third kappa shape index (κ3) is 4.99. The fourth-order valence-corrected chi connectivity index (χ4v) is 5.44. The van der Waals surface area contributed by atoms with Crippen LogP contribution in [0.5, 0.6) is 0 Å². The van der Waals surface area contributed by atoms with Gasteiger partial charge >= 0.3 is 6.03 Å². The highest BCUT2D eigenvalue weighted by Gasteiger charge is 2.27. The van der Waals surface area contributed by atoms with Gasteiger partial charge in [0.1, 0.15) is 0 Å². The molecule has 1 aromatic heterocycles. The molecule has 1 unspecified atom stereocenters. The van der Waals surface area contributed by atoms with Gasteiger partial charge in [0.25, 0.3) is 5.91 Å². The van der Waals surface area contributed by atoms with E-state index in [1.54, 1.807) is 11.3 Å². The number of urea groups is 1. The van der Waals surface area contributed by atoms with E-state index < -0.39 is 0 Å². The lowest BCUT2D eigenvalue weighted by molar-refractivity contribution is 0.0680. The maximum absolute atomic E-state index is 13.0. The van der Waals surface area contributed by atoms with Crippen LogP contribution in [-0.2, 0) is 12.8 Å². The molecule has 29 heavy (non-hydrogen) atoms. The maximum Gasteiger partial charge on any atom is 0.319 e. The Hall–Kier alpha value is -2.34. The summed E-state index contributed by atoms with van der Waals surface area (Å²) < 4.78 is 0. The number of carbonyl (C=O) groups excluding carboxylic acids is 2. The fraction of sp³-hybridized carbons (Fsp3) is 0.478. The Morgan fingerprint density at radius 2 is 1.93 bits per heavy atom. The molecule has 2 aliphatic rings. The van der Waals surface area contributed by atoms with Crippen LogP contribution in [0.2, 0.25) is 0 Å². The van der Waals surface area contributed by atoms with E-state index in [0.29, 0.717) is 19.0 Å². The number of hydrogen-bond acceptors (Lipinski definition) is 3. The van der Waals surface area contributed by atoms with Crippen molar-refractivity contribution in [2.75, 3.05) is 25.0 Å². The van der Waals surface area contributed by atoms with Crippen molar-refractivity contribution in [3.05, 3.63) is 51.2 Å². The molecule has 1 fully saturated rings. The molecule has 0 bridgehead atoms. The molecule has 1 aromatic carbocycles. The van der Waals surface area contributed by atoms with Crippen molar-refractivity contribution in [2.45, 2.75) is 45.4 Å². The van der Waals surface area contributed by atoms with E-state index >= 15 is 0 Å². The van der Waals surface area contributed by atoms with Crippen LogP contribution < -0.4 is 10.6 Å². The zero-order valence-corrected chi connectivity index (χ0v) is 17.8. The number of nitrogens with zero attached hydrogens (tertiary/aromatic N) is 1. The molecule has 5 nitrogen and oxygen atoms in total. The molecular formula is C23H29N3O2S. The van der Waals surface area contributed by atoms with Crippen LogP contribution in [0.15, 0.2) is 30.3 Å². The lowest BCUT2D eigenvalue weighted by Gasteiger charge is -2.32. The van der Waals surface area contributed by atoms with E-state index in [1.807, 2.05) is 36.1 Å². The Labute approximate surface area is 176 Å². The minimum atomic E-state index is -0.191. The first-order valence-electron chi connectivity index (χ1n) is 10.6. The van der Waals surface area contributed by atoms with Crippen LogP contribution in [0.1, 0.15) is 51.4 Å². The number of nitrogens with one attached hydrogen (secondary N) is 2.